The molecule has 0 fully saturated rings. The highest BCUT2D eigenvalue weighted by atomic mass is 16.3. The number of furan rings is 1. The molecule has 3 heterocycles. The Balaban J connectivity index is 1.39. The van der Waals surface area contributed by atoms with Gasteiger partial charge in [-0.05, 0) is 63.0 Å². The van der Waals surface area contributed by atoms with Crippen LogP contribution in [0.5, 0.6) is 0 Å². The summed E-state index contributed by atoms with van der Waals surface area (Å²) in [6, 6.07) is 54.9. The van der Waals surface area contributed by atoms with Gasteiger partial charge in [-0.3, -0.25) is 4.57 Å². The Labute approximate surface area is 286 Å². The van der Waals surface area contributed by atoms with E-state index in [4.69, 9.17) is 19.4 Å². The number of aromatic nitrogens is 4. The van der Waals surface area contributed by atoms with Crippen molar-refractivity contribution in [2.45, 2.75) is 0 Å². The standard InChI is InChI=1S/C45H26N4O/c1-4-13-27(14-5-1)30-25-34-32-20-11-10-19-31(32)33-21-12-22-37-40(33)42-38(50-37)24-23-35-41(42)39(34)36(26-30)49(35)45-47-43(28-15-6-2-7-16-28)46-44(48-45)29-17-8-3-9-18-29/h1-26H. The molecule has 0 atom stereocenters. The third-order valence-corrected chi connectivity index (χ3v) is 9.99. The van der Waals surface area contributed by atoms with E-state index in [2.05, 4.69) is 102 Å². The summed E-state index contributed by atoms with van der Waals surface area (Å²) in [4.78, 5) is 15.5. The fraction of sp³-hybridized carbons (Fsp3) is 0. The van der Waals surface area contributed by atoms with Crippen LogP contribution in [0, 0.1) is 0 Å². The van der Waals surface area contributed by atoms with Crippen molar-refractivity contribution in [3.8, 4) is 39.9 Å². The number of nitrogens with zero attached hydrogens (tertiary/aromatic N) is 4. The first kappa shape index (κ1) is 27.1. The molecule has 0 radical (unpaired) electrons. The number of benzene rings is 7. The third kappa shape index (κ3) is 3.86. The number of fused-ring (bicyclic) bond motifs is 3. The Kier molecular flexibility index (Phi) is 5.60. The maximum absolute atomic E-state index is 6.60. The van der Waals surface area contributed by atoms with Gasteiger partial charge in [-0.2, -0.15) is 9.97 Å². The molecular formula is C45H26N4O. The molecule has 0 unspecified atom stereocenters. The highest BCUT2D eigenvalue weighted by Gasteiger charge is 2.25. The van der Waals surface area contributed by atoms with Gasteiger partial charge in [-0.25, -0.2) is 4.98 Å². The minimum absolute atomic E-state index is 0.564. The van der Waals surface area contributed by atoms with Crippen LogP contribution in [-0.4, -0.2) is 19.5 Å². The number of rotatable bonds is 4. The molecule has 0 aliphatic carbocycles. The first-order valence-electron chi connectivity index (χ1n) is 16.8. The van der Waals surface area contributed by atoms with E-state index in [1.54, 1.807) is 0 Å². The second kappa shape index (κ2) is 10.3. The van der Waals surface area contributed by atoms with Crippen molar-refractivity contribution < 1.29 is 4.42 Å². The summed E-state index contributed by atoms with van der Waals surface area (Å²) < 4.78 is 8.83. The van der Waals surface area contributed by atoms with E-state index in [-0.39, 0.29) is 0 Å². The molecule has 0 spiro atoms. The molecule has 232 valence electrons. The lowest BCUT2D eigenvalue weighted by molar-refractivity contribution is 0.669. The highest BCUT2D eigenvalue weighted by Crippen LogP contribution is 2.47. The van der Waals surface area contributed by atoms with E-state index >= 15 is 0 Å². The van der Waals surface area contributed by atoms with Gasteiger partial charge < -0.3 is 4.42 Å². The van der Waals surface area contributed by atoms with Crippen LogP contribution in [0.15, 0.2) is 162 Å². The average Bonchev–Trinajstić information content (AvgIpc) is 3.74. The van der Waals surface area contributed by atoms with Gasteiger partial charge in [0.15, 0.2) is 11.6 Å². The molecule has 11 aromatic rings. The van der Waals surface area contributed by atoms with Crippen LogP contribution in [0.4, 0.5) is 0 Å². The summed E-state index contributed by atoms with van der Waals surface area (Å²) in [5.41, 5.74) is 7.90. The molecule has 0 aliphatic heterocycles. The molecule has 0 N–H and O–H groups in total. The van der Waals surface area contributed by atoms with Crippen LogP contribution in [-0.2, 0) is 0 Å². The molecule has 0 saturated carbocycles. The molecule has 50 heavy (non-hydrogen) atoms. The summed E-state index contributed by atoms with van der Waals surface area (Å²) in [5.74, 6) is 1.81. The van der Waals surface area contributed by atoms with E-state index in [9.17, 15) is 0 Å². The van der Waals surface area contributed by atoms with E-state index < -0.39 is 0 Å². The van der Waals surface area contributed by atoms with Crippen LogP contribution >= 0.6 is 0 Å². The first-order chi connectivity index (χ1) is 24.8. The normalized spacial score (nSPS) is 12.0. The Hall–Kier alpha value is -6.85. The predicted octanol–water partition coefficient (Wildman–Crippen LogP) is 11.6. The Morgan fingerprint density at radius 2 is 0.940 bits per heavy atom. The summed E-state index contributed by atoms with van der Waals surface area (Å²) in [7, 11) is 0. The van der Waals surface area contributed by atoms with Crippen molar-refractivity contribution in [1.82, 2.24) is 19.5 Å². The van der Waals surface area contributed by atoms with E-state index in [0.717, 1.165) is 71.4 Å². The molecule has 3 aromatic heterocycles. The molecular weight excluding hydrogens is 613 g/mol. The Morgan fingerprint density at radius 3 is 1.62 bits per heavy atom. The molecule has 0 bridgehead atoms. The SMILES string of the molecule is c1ccc(-c2cc3c4ccccc4c4cccc5oc6ccc7c(c6c54)c3c(c2)n7-c2nc(-c3ccccc3)nc(-c3ccccc3)n2)cc1. The minimum Gasteiger partial charge on any atom is -0.456 e. The number of hydrogen-bond acceptors (Lipinski definition) is 4. The maximum Gasteiger partial charge on any atom is 0.238 e. The van der Waals surface area contributed by atoms with E-state index in [0.29, 0.717) is 17.6 Å². The second-order valence-electron chi connectivity index (χ2n) is 12.8. The van der Waals surface area contributed by atoms with Gasteiger partial charge in [0.05, 0.1) is 11.0 Å². The second-order valence-corrected chi connectivity index (χ2v) is 12.8. The predicted molar refractivity (Wildman–Crippen MR) is 204 cm³/mol. The van der Waals surface area contributed by atoms with Crippen LogP contribution in [0.25, 0.3) is 105 Å². The summed E-state index contributed by atoms with van der Waals surface area (Å²) >= 11 is 0. The first-order valence-corrected chi connectivity index (χ1v) is 16.8. The molecule has 8 aromatic carbocycles. The smallest absolute Gasteiger partial charge is 0.238 e. The summed E-state index contributed by atoms with van der Waals surface area (Å²) in [5, 5.41) is 9.21. The van der Waals surface area contributed by atoms with Crippen LogP contribution in [0.2, 0.25) is 0 Å². The Morgan fingerprint density at radius 1 is 0.360 bits per heavy atom. The van der Waals surface area contributed by atoms with Crippen molar-refractivity contribution in [3.63, 3.8) is 0 Å². The zero-order chi connectivity index (χ0) is 32.8. The largest absolute Gasteiger partial charge is 0.456 e. The van der Waals surface area contributed by atoms with Crippen LogP contribution in [0.3, 0.4) is 0 Å². The van der Waals surface area contributed by atoms with Crippen molar-refractivity contribution in [3.05, 3.63) is 158 Å². The minimum atomic E-state index is 0.564. The van der Waals surface area contributed by atoms with Crippen molar-refractivity contribution in [1.29, 1.82) is 0 Å². The lowest BCUT2D eigenvalue weighted by atomic mass is 9.92. The van der Waals surface area contributed by atoms with Gasteiger partial charge in [0, 0.05) is 32.7 Å². The van der Waals surface area contributed by atoms with Crippen molar-refractivity contribution in [2.75, 3.05) is 0 Å². The molecule has 5 heteroatoms. The maximum atomic E-state index is 6.60. The molecule has 5 nitrogen and oxygen atoms in total. The van der Waals surface area contributed by atoms with Gasteiger partial charge in [-0.15, -0.1) is 0 Å². The van der Waals surface area contributed by atoms with E-state index in [1.165, 1.54) is 16.2 Å². The monoisotopic (exact) mass is 638 g/mol. The Bertz CT molecular complexity index is 3010. The average molecular weight is 639 g/mol. The lowest BCUT2D eigenvalue weighted by Gasteiger charge is -2.12. The fourth-order valence-electron chi connectivity index (χ4n) is 7.83. The lowest BCUT2D eigenvalue weighted by Crippen LogP contribution is -2.06. The molecule has 0 saturated heterocycles. The fourth-order valence-corrected chi connectivity index (χ4v) is 7.83. The van der Waals surface area contributed by atoms with Crippen molar-refractivity contribution in [2.24, 2.45) is 0 Å². The quantitative estimate of drug-likeness (QED) is 0.192. The number of hydrogen-bond donors (Lipinski definition) is 0. The van der Waals surface area contributed by atoms with Gasteiger partial charge in [0.2, 0.25) is 5.95 Å². The zero-order valence-corrected chi connectivity index (χ0v) is 26.7. The summed E-state index contributed by atoms with van der Waals surface area (Å²) in [6.45, 7) is 0. The van der Waals surface area contributed by atoms with Gasteiger partial charge in [-0.1, -0.05) is 127 Å². The molecule has 0 aliphatic rings. The zero-order valence-electron chi connectivity index (χ0n) is 26.7. The van der Waals surface area contributed by atoms with Crippen molar-refractivity contribution >= 4 is 65.3 Å². The van der Waals surface area contributed by atoms with E-state index in [1.807, 2.05) is 60.7 Å². The van der Waals surface area contributed by atoms with Gasteiger partial charge in [0.1, 0.15) is 11.2 Å². The topological polar surface area (TPSA) is 56.7 Å². The summed E-state index contributed by atoms with van der Waals surface area (Å²) in [6.07, 6.45) is 0. The molecule has 11 rings (SSSR count). The third-order valence-electron chi connectivity index (χ3n) is 9.99. The van der Waals surface area contributed by atoms with Crippen LogP contribution in [0.1, 0.15) is 0 Å². The van der Waals surface area contributed by atoms with Crippen LogP contribution < -0.4 is 0 Å². The van der Waals surface area contributed by atoms with Gasteiger partial charge >= 0.3 is 0 Å². The van der Waals surface area contributed by atoms with Gasteiger partial charge in [0.25, 0.3) is 0 Å². The highest BCUT2D eigenvalue weighted by molar-refractivity contribution is 6.38. The molecule has 0 amide bonds.